The quantitative estimate of drug-likeness (QED) is 0.259. The topological polar surface area (TPSA) is 86.6 Å². The van der Waals surface area contributed by atoms with Gasteiger partial charge in [-0.3, -0.25) is 14.4 Å². The van der Waals surface area contributed by atoms with Crippen LogP contribution in [0.2, 0.25) is 0 Å². The number of aromatic nitrogens is 1. The van der Waals surface area contributed by atoms with Crippen molar-refractivity contribution in [1.82, 2.24) is 4.57 Å². The first-order valence-electron chi connectivity index (χ1n) is 11.4. The number of hydrogen-bond acceptors (Lipinski definition) is 5. The molecule has 4 aromatic carbocycles. The number of carbonyl (C=O) groups excluding carboxylic acids is 2. The molecule has 0 aliphatic carbocycles. The Bertz CT molecular complexity index is 1550. The fourth-order valence-corrected chi connectivity index (χ4v) is 4.00. The summed E-state index contributed by atoms with van der Waals surface area (Å²) in [6.07, 6.45) is 0. The molecule has 0 atom stereocenters. The average Bonchev–Trinajstić information content (AvgIpc) is 2.91. The molecule has 1 heterocycles. The SMILES string of the molecule is O=C(COC(=O)Cn1c2ccccc2c(=O)c2ccccc21)Nc1ccc(Oc2ccccc2)cc1. The summed E-state index contributed by atoms with van der Waals surface area (Å²) in [4.78, 5) is 37.8. The van der Waals surface area contributed by atoms with Crippen LogP contribution < -0.4 is 15.5 Å². The van der Waals surface area contributed by atoms with Gasteiger partial charge >= 0.3 is 5.97 Å². The van der Waals surface area contributed by atoms with Crippen LogP contribution in [0.1, 0.15) is 0 Å². The van der Waals surface area contributed by atoms with Gasteiger partial charge in [-0.1, -0.05) is 42.5 Å². The van der Waals surface area contributed by atoms with Crippen molar-refractivity contribution in [2.75, 3.05) is 11.9 Å². The number of pyridine rings is 1. The summed E-state index contributed by atoms with van der Waals surface area (Å²) in [7, 11) is 0. The number of ether oxygens (including phenoxy) is 2. The number of benzene rings is 4. The van der Waals surface area contributed by atoms with Crippen molar-refractivity contribution >= 4 is 39.4 Å². The second-order valence-electron chi connectivity index (χ2n) is 8.10. The minimum absolute atomic E-state index is 0.0922. The van der Waals surface area contributed by atoms with E-state index in [0.717, 1.165) is 0 Å². The lowest BCUT2D eigenvalue weighted by molar-refractivity contribution is -0.147. The smallest absolute Gasteiger partial charge is 0.326 e. The van der Waals surface area contributed by atoms with Crippen molar-refractivity contribution < 1.29 is 19.1 Å². The monoisotopic (exact) mass is 478 g/mol. The van der Waals surface area contributed by atoms with Crippen molar-refractivity contribution in [2.45, 2.75) is 6.54 Å². The Balaban J connectivity index is 1.22. The molecule has 0 saturated carbocycles. The van der Waals surface area contributed by atoms with Gasteiger partial charge in [0.2, 0.25) is 0 Å². The summed E-state index contributed by atoms with van der Waals surface area (Å²) >= 11 is 0. The summed E-state index contributed by atoms with van der Waals surface area (Å²) < 4.78 is 12.7. The lowest BCUT2D eigenvalue weighted by Crippen LogP contribution is -2.24. The molecule has 0 aliphatic heterocycles. The van der Waals surface area contributed by atoms with Gasteiger partial charge in [-0.25, -0.2) is 0 Å². The molecule has 0 aliphatic rings. The molecule has 0 spiro atoms. The first-order chi connectivity index (χ1) is 17.6. The molecule has 1 aromatic heterocycles. The Labute approximate surface area is 206 Å². The predicted octanol–water partition coefficient (Wildman–Crippen LogP) is 5.13. The highest BCUT2D eigenvalue weighted by atomic mass is 16.5. The van der Waals surface area contributed by atoms with Gasteiger partial charge in [-0.15, -0.1) is 0 Å². The standard InChI is InChI=1S/C29H22N2O5/c32-27(30-20-14-16-22(17-15-20)36-21-8-2-1-3-9-21)19-35-28(33)18-31-25-12-6-4-10-23(25)29(34)24-11-5-7-13-26(24)31/h1-17H,18-19H2,(H,30,32). The molecular weight excluding hydrogens is 456 g/mol. The van der Waals surface area contributed by atoms with E-state index in [0.29, 0.717) is 39.0 Å². The first-order valence-corrected chi connectivity index (χ1v) is 11.4. The number of para-hydroxylation sites is 3. The van der Waals surface area contributed by atoms with Crippen LogP contribution in [0.15, 0.2) is 108 Å². The van der Waals surface area contributed by atoms with Crippen LogP contribution in [-0.4, -0.2) is 23.1 Å². The maximum absolute atomic E-state index is 12.8. The predicted molar refractivity (Wildman–Crippen MR) is 138 cm³/mol. The molecular formula is C29H22N2O5. The van der Waals surface area contributed by atoms with Crippen molar-refractivity contribution in [1.29, 1.82) is 0 Å². The zero-order valence-electron chi connectivity index (χ0n) is 19.2. The van der Waals surface area contributed by atoms with Crippen LogP contribution in [0.4, 0.5) is 5.69 Å². The summed E-state index contributed by atoms with van der Waals surface area (Å²) in [6, 6.07) is 30.5. The molecule has 0 saturated heterocycles. The molecule has 1 amide bonds. The Morgan fingerprint density at radius 1 is 0.694 bits per heavy atom. The van der Waals surface area contributed by atoms with E-state index in [1.54, 1.807) is 65.2 Å². The maximum atomic E-state index is 12.8. The molecule has 178 valence electrons. The Kier molecular flexibility index (Phi) is 6.44. The number of anilines is 1. The summed E-state index contributed by atoms with van der Waals surface area (Å²) in [5, 5.41) is 3.73. The number of carbonyl (C=O) groups is 2. The summed E-state index contributed by atoms with van der Waals surface area (Å²) in [5.74, 6) is 0.293. The van der Waals surface area contributed by atoms with Crippen LogP contribution in [0.3, 0.4) is 0 Å². The average molecular weight is 479 g/mol. The number of nitrogens with zero attached hydrogens (tertiary/aromatic N) is 1. The van der Waals surface area contributed by atoms with E-state index >= 15 is 0 Å². The Morgan fingerprint density at radius 2 is 1.25 bits per heavy atom. The van der Waals surface area contributed by atoms with E-state index in [-0.39, 0.29) is 12.0 Å². The first kappa shape index (κ1) is 22.9. The molecule has 0 unspecified atom stereocenters. The lowest BCUT2D eigenvalue weighted by Gasteiger charge is -2.14. The number of esters is 1. The zero-order valence-corrected chi connectivity index (χ0v) is 19.2. The molecule has 0 bridgehead atoms. The lowest BCUT2D eigenvalue weighted by atomic mass is 10.1. The summed E-state index contributed by atoms with van der Waals surface area (Å²) in [6.45, 7) is -0.572. The van der Waals surface area contributed by atoms with Crippen molar-refractivity contribution in [2.24, 2.45) is 0 Å². The van der Waals surface area contributed by atoms with Crippen LogP contribution in [0.25, 0.3) is 21.8 Å². The normalized spacial score (nSPS) is 10.8. The van der Waals surface area contributed by atoms with Crippen LogP contribution >= 0.6 is 0 Å². The minimum Gasteiger partial charge on any atom is -0.457 e. The van der Waals surface area contributed by atoms with Gasteiger partial charge in [0, 0.05) is 16.5 Å². The third kappa shape index (κ3) is 4.95. The molecule has 7 heteroatoms. The van der Waals surface area contributed by atoms with Crippen LogP contribution in [-0.2, 0) is 20.9 Å². The second kappa shape index (κ2) is 10.1. The number of nitrogens with one attached hydrogen (secondary N) is 1. The Morgan fingerprint density at radius 3 is 1.89 bits per heavy atom. The van der Waals surface area contributed by atoms with Gasteiger partial charge in [0.1, 0.15) is 18.0 Å². The second-order valence-corrected chi connectivity index (χ2v) is 8.10. The molecule has 7 nitrogen and oxygen atoms in total. The van der Waals surface area contributed by atoms with E-state index in [2.05, 4.69) is 5.32 Å². The van der Waals surface area contributed by atoms with Gasteiger partial charge in [-0.05, 0) is 60.7 Å². The molecule has 5 aromatic rings. The zero-order chi connectivity index (χ0) is 24.9. The maximum Gasteiger partial charge on any atom is 0.326 e. The van der Waals surface area contributed by atoms with Crippen molar-refractivity contribution in [3.63, 3.8) is 0 Å². The highest BCUT2D eigenvalue weighted by Gasteiger charge is 2.14. The fourth-order valence-electron chi connectivity index (χ4n) is 4.00. The Hall–Kier alpha value is -4.91. The van der Waals surface area contributed by atoms with Gasteiger partial charge < -0.3 is 19.4 Å². The van der Waals surface area contributed by atoms with Crippen LogP contribution in [0, 0.1) is 0 Å². The van der Waals surface area contributed by atoms with E-state index in [1.807, 2.05) is 42.5 Å². The van der Waals surface area contributed by atoms with Crippen molar-refractivity contribution in [3.05, 3.63) is 113 Å². The van der Waals surface area contributed by atoms with Crippen molar-refractivity contribution in [3.8, 4) is 11.5 Å². The highest BCUT2D eigenvalue weighted by Crippen LogP contribution is 2.23. The number of hydrogen-bond donors (Lipinski definition) is 1. The molecule has 0 radical (unpaired) electrons. The van der Waals surface area contributed by atoms with E-state index in [4.69, 9.17) is 9.47 Å². The molecule has 36 heavy (non-hydrogen) atoms. The fraction of sp³-hybridized carbons (Fsp3) is 0.0690. The molecule has 5 rings (SSSR count). The van der Waals surface area contributed by atoms with E-state index in [1.165, 1.54) is 0 Å². The van der Waals surface area contributed by atoms with Gasteiger partial charge in [0.05, 0.1) is 11.0 Å². The summed E-state index contributed by atoms with van der Waals surface area (Å²) in [5.41, 5.74) is 1.71. The number of rotatable bonds is 7. The minimum atomic E-state index is -0.587. The van der Waals surface area contributed by atoms with E-state index < -0.39 is 18.5 Å². The third-order valence-electron chi connectivity index (χ3n) is 5.65. The van der Waals surface area contributed by atoms with Crippen LogP contribution in [0.5, 0.6) is 11.5 Å². The highest BCUT2D eigenvalue weighted by molar-refractivity contribution is 5.95. The van der Waals surface area contributed by atoms with E-state index in [9.17, 15) is 14.4 Å². The third-order valence-corrected chi connectivity index (χ3v) is 5.65. The number of amides is 1. The number of fused-ring (bicyclic) bond motifs is 2. The van der Waals surface area contributed by atoms with Gasteiger partial charge in [0.25, 0.3) is 5.91 Å². The van der Waals surface area contributed by atoms with Gasteiger partial charge in [-0.2, -0.15) is 0 Å². The molecule has 0 fully saturated rings. The molecule has 1 N–H and O–H groups in total. The largest absolute Gasteiger partial charge is 0.457 e. The van der Waals surface area contributed by atoms with Gasteiger partial charge in [0.15, 0.2) is 12.0 Å².